The third kappa shape index (κ3) is 10.3. The predicted octanol–water partition coefficient (Wildman–Crippen LogP) is 4.59. The first-order valence-corrected chi connectivity index (χ1v) is 5.35. The summed E-state index contributed by atoms with van der Waals surface area (Å²) in [7, 11) is 0. The lowest BCUT2D eigenvalue weighted by Gasteiger charge is -2.17. The summed E-state index contributed by atoms with van der Waals surface area (Å²) in [5, 5.41) is 0. The van der Waals surface area contributed by atoms with Crippen LogP contribution in [0.15, 0.2) is 0 Å². The van der Waals surface area contributed by atoms with Gasteiger partial charge in [-0.2, -0.15) is 0 Å². The smallest absolute Gasteiger partial charge is 0.0836 e. The molecular formula is C3H2Br3Cl3. The molecule has 0 radical (unpaired) electrons. The molecule has 0 aromatic rings. The summed E-state index contributed by atoms with van der Waals surface area (Å²) in [5.41, 5.74) is 0. The lowest BCUT2D eigenvalue weighted by atomic mass is 10.6. The van der Waals surface area contributed by atoms with Crippen molar-refractivity contribution >= 4 is 82.6 Å². The Morgan fingerprint density at radius 3 is 1.33 bits per heavy atom. The van der Waals surface area contributed by atoms with Crippen molar-refractivity contribution in [2.24, 2.45) is 0 Å². The molecule has 0 spiro atoms. The number of rotatable bonds is 0. The molecule has 0 amide bonds. The van der Waals surface area contributed by atoms with Gasteiger partial charge < -0.3 is 0 Å². The first kappa shape index (κ1) is 11.3. The van der Waals surface area contributed by atoms with E-state index in [1.54, 1.807) is 0 Å². The second-order valence-electron chi connectivity index (χ2n) is 1.41. The van der Waals surface area contributed by atoms with Gasteiger partial charge in [0.2, 0.25) is 0 Å². The molecule has 0 fully saturated rings. The Labute approximate surface area is 94.0 Å². The van der Waals surface area contributed by atoms with Gasteiger partial charge in [-0.05, 0) is 0 Å². The van der Waals surface area contributed by atoms with Gasteiger partial charge in [-0.1, -0.05) is 82.6 Å². The van der Waals surface area contributed by atoms with Gasteiger partial charge in [-0.3, -0.25) is 0 Å². The van der Waals surface area contributed by atoms with Crippen LogP contribution in [0, 0.1) is 0 Å². The number of hydrogen-bond donors (Lipinski definition) is 0. The zero-order valence-corrected chi connectivity index (χ0v) is 11.0. The van der Waals surface area contributed by atoms with E-state index >= 15 is 0 Å². The zero-order valence-electron chi connectivity index (χ0n) is 3.97. The number of hydrogen-bond acceptors (Lipinski definition) is 0. The molecule has 56 valence electrons. The van der Waals surface area contributed by atoms with Crippen LogP contribution in [0.2, 0.25) is 0 Å². The predicted molar refractivity (Wildman–Crippen MR) is 54.4 cm³/mol. The third-order valence-corrected chi connectivity index (χ3v) is 1.64. The van der Waals surface area contributed by atoms with Gasteiger partial charge in [0.05, 0.1) is 0 Å². The summed E-state index contributed by atoms with van der Waals surface area (Å²) in [6.45, 7) is 0. The molecule has 0 N–H and O–H groups in total. The number of halogens is 6. The Kier molecular flexibility index (Phi) is 4.79. The van der Waals surface area contributed by atoms with E-state index in [-0.39, 0.29) is 0 Å². The quantitative estimate of drug-likeness (QED) is 0.537. The molecule has 0 heterocycles. The van der Waals surface area contributed by atoms with E-state index in [1.807, 2.05) is 0 Å². The second-order valence-corrected chi connectivity index (χ2v) is 11.2. The highest BCUT2D eigenvalue weighted by Gasteiger charge is 2.31. The van der Waals surface area contributed by atoms with Crippen LogP contribution in [0.25, 0.3) is 0 Å². The molecule has 0 nitrogen and oxygen atoms in total. The standard InChI is InChI=1S/C3H2Br3Cl3/c4-2(5,6)1-3(7,8)9/h1H2. The molecule has 0 unspecified atom stereocenters. The van der Waals surface area contributed by atoms with Gasteiger partial charge >= 0.3 is 0 Å². The summed E-state index contributed by atoms with van der Waals surface area (Å²) in [4.78, 5) is 0. The van der Waals surface area contributed by atoms with E-state index < -0.39 is 5.94 Å². The van der Waals surface area contributed by atoms with Crippen LogP contribution in [-0.4, -0.2) is 5.94 Å². The van der Waals surface area contributed by atoms with Crippen molar-refractivity contribution in [3.05, 3.63) is 0 Å². The Balaban J connectivity index is 3.75. The van der Waals surface area contributed by atoms with Crippen molar-refractivity contribution in [3.63, 3.8) is 0 Å². The third-order valence-electron chi connectivity index (χ3n) is 0.401. The maximum absolute atomic E-state index is 5.46. The summed E-state index contributed by atoms with van der Waals surface area (Å²) >= 11 is 26.0. The maximum atomic E-state index is 5.46. The molecule has 0 saturated heterocycles. The van der Waals surface area contributed by atoms with E-state index in [2.05, 4.69) is 47.8 Å². The summed E-state index contributed by atoms with van der Waals surface area (Å²) < 4.78 is -1.71. The Bertz CT molecular complexity index is 79.5. The van der Waals surface area contributed by atoms with Crippen molar-refractivity contribution < 1.29 is 0 Å². The van der Waals surface area contributed by atoms with Crippen LogP contribution in [0.1, 0.15) is 6.42 Å². The molecule has 0 aromatic carbocycles. The van der Waals surface area contributed by atoms with Crippen LogP contribution in [0.4, 0.5) is 0 Å². The zero-order chi connectivity index (χ0) is 7.71. The first-order valence-electron chi connectivity index (χ1n) is 1.84. The fraction of sp³-hybridized carbons (Fsp3) is 1.00. The van der Waals surface area contributed by atoms with E-state index in [9.17, 15) is 0 Å². The topological polar surface area (TPSA) is 0 Å². The monoisotopic (exact) mass is 380 g/mol. The van der Waals surface area contributed by atoms with E-state index in [0.717, 1.165) is 0 Å². The molecule has 0 bridgehead atoms. The summed E-state index contributed by atoms with van der Waals surface area (Å²) in [5.74, 6) is 0. The molecule has 9 heavy (non-hydrogen) atoms. The van der Waals surface area contributed by atoms with Gasteiger partial charge in [0.1, 0.15) is 2.14 Å². The average molecular weight is 384 g/mol. The summed E-state index contributed by atoms with van der Waals surface area (Å²) in [6.07, 6.45) is 0.338. The van der Waals surface area contributed by atoms with Gasteiger partial charge in [-0.15, -0.1) is 0 Å². The average Bonchev–Trinajstić information content (AvgIpc) is 1.14. The van der Waals surface area contributed by atoms with Gasteiger partial charge in [0.25, 0.3) is 0 Å². The maximum Gasteiger partial charge on any atom is 0.193 e. The summed E-state index contributed by atoms with van der Waals surface area (Å²) in [6, 6.07) is 0. The van der Waals surface area contributed by atoms with Crippen LogP contribution in [0.5, 0.6) is 0 Å². The SMILES string of the molecule is ClC(Cl)(Cl)CC(Br)(Br)Br. The molecule has 0 aliphatic heterocycles. The highest BCUT2D eigenvalue weighted by atomic mass is 80.0. The first-order chi connectivity index (χ1) is 3.71. The fourth-order valence-corrected chi connectivity index (χ4v) is 3.54. The lowest BCUT2D eigenvalue weighted by Crippen LogP contribution is -2.12. The fourth-order valence-electron chi connectivity index (χ4n) is 0.227. The van der Waals surface area contributed by atoms with Crippen molar-refractivity contribution in [2.45, 2.75) is 12.4 Å². The van der Waals surface area contributed by atoms with Crippen LogP contribution in [-0.2, 0) is 0 Å². The highest BCUT2D eigenvalue weighted by molar-refractivity contribution is 9.39. The molecule has 0 aromatic heterocycles. The van der Waals surface area contributed by atoms with E-state index in [1.165, 1.54) is 0 Å². The Morgan fingerprint density at radius 2 is 1.33 bits per heavy atom. The molecular weight excluding hydrogens is 382 g/mol. The Morgan fingerprint density at radius 1 is 1.00 bits per heavy atom. The lowest BCUT2D eigenvalue weighted by molar-refractivity contribution is 0.945. The second kappa shape index (κ2) is 3.81. The minimum Gasteiger partial charge on any atom is -0.0836 e. The molecule has 0 rings (SSSR count). The van der Waals surface area contributed by atoms with Gasteiger partial charge in [0, 0.05) is 6.42 Å². The minimum absolute atomic E-state index is 0.338. The van der Waals surface area contributed by atoms with E-state index in [0.29, 0.717) is 6.42 Å². The van der Waals surface area contributed by atoms with Crippen molar-refractivity contribution in [3.8, 4) is 0 Å². The highest BCUT2D eigenvalue weighted by Crippen LogP contribution is 2.46. The normalized spacial score (nSPS) is 14.0. The van der Waals surface area contributed by atoms with Crippen molar-refractivity contribution in [1.29, 1.82) is 0 Å². The van der Waals surface area contributed by atoms with Crippen LogP contribution >= 0.6 is 82.6 Å². The molecule has 6 heteroatoms. The van der Waals surface area contributed by atoms with Gasteiger partial charge in [0.15, 0.2) is 3.79 Å². The minimum atomic E-state index is -1.24. The van der Waals surface area contributed by atoms with Crippen LogP contribution < -0.4 is 0 Å². The molecule has 0 atom stereocenters. The largest absolute Gasteiger partial charge is 0.193 e. The van der Waals surface area contributed by atoms with Crippen molar-refractivity contribution in [2.75, 3.05) is 0 Å². The van der Waals surface area contributed by atoms with Crippen LogP contribution in [0.3, 0.4) is 0 Å². The molecule has 0 aliphatic rings. The number of alkyl halides is 6. The molecule has 0 aliphatic carbocycles. The van der Waals surface area contributed by atoms with E-state index in [4.69, 9.17) is 34.8 Å². The van der Waals surface area contributed by atoms with Gasteiger partial charge in [-0.25, -0.2) is 0 Å². The molecule has 0 saturated carbocycles. The van der Waals surface area contributed by atoms with Crippen molar-refractivity contribution in [1.82, 2.24) is 0 Å². The Hall–Kier alpha value is 2.31.